The van der Waals surface area contributed by atoms with Crippen LogP contribution < -0.4 is 4.90 Å². The Balaban J connectivity index is 1.85. The van der Waals surface area contributed by atoms with Crippen LogP contribution in [0.4, 0.5) is 5.82 Å². The summed E-state index contributed by atoms with van der Waals surface area (Å²) in [5.74, 6) is 2.80. The molecule has 0 aliphatic carbocycles. The number of anilines is 1. The number of aryl methyl sites for hydroxylation is 1. The first-order chi connectivity index (χ1) is 13.7. The average Bonchev–Trinajstić information content (AvgIpc) is 3.34. The minimum Gasteiger partial charge on any atom is -0.394 e. The summed E-state index contributed by atoms with van der Waals surface area (Å²) in [4.78, 5) is 11.4. The summed E-state index contributed by atoms with van der Waals surface area (Å²) in [6.45, 7) is 8.81. The highest BCUT2D eigenvalue weighted by molar-refractivity contribution is 5.83. The van der Waals surface area contributed by atoms with Crippen molar-refractivity contribution in [3.63, 3.8) is 0 Å². The number of aliphatic hydroxyl groups excluding tert-OH is 2. The van der Waals surface area contributed by atoms with E-state index in [0.29, 0.717) is 42.3 Å². The summed E-state index contributed by atoms with van der Waals surface area (Å²) in [5, 5.41) is 37.0. The first kappa shape index (κ1) is 19.6. The lowest BCUT2D eigenvalue weighted by atomic mass is 9.95. The van der Waals surface area contributed by atoms with Crippen LogP contribution in [0.3, 0.4) is 0 Å². The summed E-state index contributed by atoms with van der Waals surface area (Å²) in [5.41, 5.74) is 0.843. The van der Waals surface area contributed by atoms with Crippen molar-refractivity contribution in [1.82, 2.24) is 39.7 Å². The quantitative estimate of drug-likeness (QED) is 0.617. The maximum atomic E-state index is 10.3. The molecule has 1 aliphatic rings. The predicted octanol–water partition coefficient (Wildman–Crippen LogP) is -0.0641. The van der Waals surface area contributed by atoms with E-state index in [1.807, 2.05) is 44.2 Å². The topological polar surface area (TPSA) is 131 Å². The lowest BCUT2D eigenvalue weighted by molar-refractivity contribution is 0.128. The van der Waals surface area contributed by atoms with Crippen LogP contribution >= 0.6 is 0 Å². The minimum atomic E-state index is -0.611. The zero-order chi connectivity index (χ0) is 20.9. The van der Waals surface area contributed by atoms with E-state index in [9.17, 15) is 10.2 Å². The Kier molecular flexibility index (Phi) is 4.74. The second-order valence-corrected chi connectivity index (χ2v) is 8.56. The smallest absolute Gasteiger partial charge is 0.184 e. The van der Waals surface area contributed by atoms with Crippen LogP contribution in [0.15, 0.2) is 0 Å². The molecular weight excluding hydrogens is 374 g/mol. The van der Waals surface area contributed by atoms with Gasteiger partial charge < -0.3 is 19.7 Å². The molecule has 3 aromatic heterocycles. The lowest BCUT2D eigenvalue weighted by Gasteiger charge is -2.27. The van der Waals surface area contributed by atoms with Gasteiger partial charge in [0.25, 0.3) is 0 Å². The van der Waals surface area contributed by atoms with E-state index in [4.69, 9.17) is 9.97 Å². The summed E-state index contributed by atoms with van der Waals surface area (Å²) < 4.78 is 3.60. The highest BCUT2D eigenvalue weighted by Gasteiger charge is 2.36. The zero-order valence-electron chi connectivity index (χ0n) is 17.4. The molecule has 11 heteroatoms. The SMILES string of the molecule is Cc1nnc(Cn2nnc3c(N4CC[C@H](O)C4CO)nc(C(C)(C)C)nc32)n1C. The average molecular weight is 401 g/mol. The summed E-state index contributed by atoms with van der Waals surface area (Å²) in [6, 6.07) is -0.424. The van der Waals surface area contributed by atoms with Gasteiger partial charge >= 0.3 is 0 Å². The normalized spacial score (nSPS) is 20.2. The molecule has 1 saturated heterocycles. The van der Waals surface area contributed by atoms with Crippen LogP contribution in [0, 0.1) is 6.92 Å². The highest BCUT2D eigenvalue weighted by atomic mass is 16.3. The number of hydrogen-bond acceptors (Lipinski definition) is 9. The Hall–Kier alpha value is -2.66. The molecule has 0 spiro atoms. The van der Waals surface area contributed by atoms with Gasteiger partial charge in [-0.05, 0) is 13.3 Å². The molecule has 0 amide bonds. The van der Waals surface area contributed by atoms with Gasteiger partial charge in [-0.3, -0.25) is 0 Å². The van der Waals surface area contributed by atoms with Crippen molar-refractivity contribution in [2.24, 2.45) is 7.05 Å². The van der Waals surface area contributed by atoms with Gasteiger partial charge in [-0.2, -0.15) is 0 Å². The maximum absolute atomic E-state index is 10.3. The highest BCUT2D eigenvalue weighted by Crippen LogP contribution is 2.31. The van der Waals surface area contributed by atoms with Gasteiger partial charge in [-0.25, -0.2) is 14.6 Å². The van der Waals surface area contributed by atoms with Crippen LogP contribution in [0.2, 0.25) is 0 Å². The first-order valence-electron chi connectivity index (χ1n) is 9.73. The van der Waals surface area contributed by atoms with Crippen molar-refractivity contribution in [3.8, 4) is 0 Å². The van der Waals surface area contributed by atoms with Crippen LogP contribution in [0.25, 0.3) is 11.2 Å². The zero-order valence-corrected chi connectivity index (χ0v) is 17.4. The summed E-state index contributed by atoms with van der Waals surface area (Å²) >= 11 is 0. The molecular formula is C18H27N9O2. The fourth-order valence-electron chi connectivity index (χ4n) is 3.53. The third kappa shape index (κ3) is 3.33. The maximum Gasteiger partial charge on any atom is 0.184 e. The molecule has 0 aromatic carbocycles. The second kappa shape index (κ2) is 6.99. The van der Waals surface area contributed by atoms with E-state index in [-0.39, 0.29) is 12.0 Å². The standard InChI is InChI=1S/C18H27N9O2/c1-10-21-22-13(25(10)5)8-27-16-14(23-24-27)15(19-17(20-16)18(2,3)4)26-7-6-12(29)11(26)9-28/h11-12,28-29H,6-9H2,1-5H3/t11?,12-/m0/s1. The Labute approximate surface area is 168 Å². The molecule has 29 heavy (non-hydrogen) atoms. The molecule has 0 saturated carbocycles. The number of nitrogens with zero attached hydrogens (tertiary/aromatic N) is 9. The van der Waals surface area contributed by atoms with Gasteiger partial charge in [-0.1, -0.05) is 26.0 Å². The van der Waals surface area contributed by atoms with Crippen molar-refractivity contribution in [2.45, 2.75) is 58.2 Å². The van der Waals surface area contributed by atoms with Crippen molar-refractivity contribution < 1.29 is 10.2 Å². The molecule has 0 radical (unpaired) electrons. The number of hydrogen-bond donors (Lipinski definition) is 2. The van der Waals surface area contributed by atoms with E-state index < -0.39 is 12.1 Å². The Morgan fingerprint density at radius 1 is 1.14 bits per heavy atom. The largest absolute Gasteiger partial charge is 0.394 e. The molecule has 1 aliphatic heterocycles. The first-order valence-corrected chi connectivity index (χ1v) is 9.73. The van der Waals surface area contributed by atoms with E-state index in [1.54, 1.807) is 4.68 Å². The fourth-order valence-corrected chi connectivity index (χ4v) is 3.53. The van der Waals surface area contributed by atoms with Crippen molar-refractivity contribution in [1.29, 1.82) is 0 Å². The van der Waals surface area contributed by atoms with E-state index in [1.165, 1.54) is 0 Å². The van der Waals surface area contributed by atoms with Crippen LogP contribution in [0.5, 0.6) is 0 Å². The van der Waals surface area contributed by atoms with Gasteiger partial charge in [0.1, 0.15) is 18.2 Å². The third-order valence-corrected chi connectivity index (χ3v) is 5.46. The number of aromatic nitrogens is 8. The number of rotatable bonds is 4. The third-order valence-electron chi connectivity index (χ3n) is 5.46. The molecule has 11 nitrogen and oxygen atoms in total. The van der Waals surface area contributed by atoms with Gasteiger partial charge in [-0.15, -0.1) is 15.3 Å². The molecule has 2 atom stereocenters. The molecule has 1 unspecified atom stereocenters. The van der Waals surface area contributed by atoms with E-state index >= 15 is 0 Å². The molecule has 1 fully saturated rings. The monoisotopic (exact) mass is 401 g/mol. The van der Waals surface area contributed by atoms with Crippen LogP contribution in [-0.2, 0) is 19.0 Å². The van der Waals surface area contributed by atoms with E-state index in [0.717, 1.165) is 11.6 Å². The Bertz CT molecular complexity index is 1040. The summed E-state index contributed by atoms with van der Waals surface area (Å²) in [7, 11) is 1.91. The van der Waals surface area contributed by atoms with Gasteiger partial charge in [0.2, 0.25) is 0 Å². The van der Waals surface area contributed by atoms with Gasteiger partial charge in [0.05, 0.1) is 18.8 Å². The van der Waals surface area contributed by atoms with Crippen LogP contribution in [0.1, 0.15) is 44.7 Å². The second-order valence-electron chi connectivity index (χ2n) is 8.56. The molecule has 4 heterocycles. The number of aliphatic hydroxyl groups is 2. The fraction of sp³-hybridized carbons (Fsp3) is 0.667. The minimum absolute atomic E-state index is 0.163. The number of fused-ring (bicyclic) bond motifs is 1. The predicted molar refractivity (Wildman–Crippen MR) is 106 cm³/mol. The van der Waals surface area contributed by atoms with Crippen molar-refractivity contribution >= 4 is 17.0 Å². The molecule has 3 aromatic rings. The lowest BCUT2D eigenvalue weighted by Crippen LogP contribution is -2.39. The van der Waals surface area contributed by atoms with Crippen molar-refractivity contribution in [3.05, 3.63) is 17.5 Å². The van der Waals surface area contributed by atoms with Crippen LogP contribution in [-0.4, -0.2) is 75.2 Å². The van der Waals surface area contributed by atoms with E-state index in [2.05, 4.69) is 20.5 Å². The Morgan fingerprint density at radius 2 is 1.90 bits per heavy atom. The van der Waals surface area contributed by atoms with Gasteiger partial charge in [0.15, 0.2) is 22.8 Å². The molecule has 156 valence electrons. The molecule has 2 N–H and O–H groups in total. The van der Waals surface area contributed by atoms with Gasteiger partial charge in [0, 0.05) is 19.0 Å². The summed E-state index contributed by atoms with van der Waals surface area (Å²) in [6.07, 6.45) is -0.0479. The molecule has 4 rings (SSSR count). The van der Waals surface area contributed by atoms with Crippen molar-refractivity contribution in [2.75, 3.05) is 18.1 Å². The Morgan fingerprint density at radius 3 is 2.52 bits per heavy atom. The molecule has 0 bridgehead atoms.